The van der Waals surface area contributed by atoms with Crippen LogP contribution in [0, 0.1) is 17.2 Å². The van der Waals surface area contributed by atoms with E-state index < -0.39 is 5.60 Å². The Morgan fingerprint density at radius 2 is 2.00 bits per heavy atom. The Morgan fingerprint density at radius 3 is 2.64 bits per heavy atom. The number of nitriles is 1. The van der Waals surface area contributed by atoms with Crippen molar-refractivity contribution in [2.45, 2.75) is 52.2 Å². The normalized spacial score (nSPS) is 16.1. The number of hydrogen-bond acceptors (Lipinski definition) is 5. The van der Waals surface area contributed by atoms with Gasteiger partial charge in [-0.2, -0.15) is 5.26 Å². The van der Waals surface area contributed by atoms with Gasteiger partial charge in [0.1, 0.15) is 5.60 Å². The molecule has 148 valence electrons. The molecule has 0 unspecified atom stereocenters. The molecule has 0 amide bonds. The summed E-state index contributed by atoms with van der Waals surface area (Å²) in [6.45, 7) is 8.41. The minimum Gasteiger partial charge on any atom is -0.460 e. The fourth-order valence-corrected chi connectivity index (χ4v) is 4.15. The summed E-state index contributed by atoms with van der Waals surface area (Å²) in [7, 11) is 0. The first-order chi connectivity index (χ1) is 13.2. The van der Waals surface area contributed by atoms with Gasteiger partial charge in [0.2, 0.25) is 0 Å². The SMILES string of the molecule is CC(C)(C)OC(=O)CC1CCN(Cc2cc(C#N)c3cncc(Br)c3c2)CC1. The molecule has 1 aliphatic rings. The van der Waals surface area contributed by atoms with Gasteiger partial charge in [0.25, 0.3) is 0 Å². The predicted molar refractivity (Wildman–Crippen MR) is 113 cm³/mol. The number of hydrogen-bond donors (Lipinski definition) is 0. The Morgan fingerprint density at radius 1 is 1.29 bits per heavy atom. The lowest BCUT2D eigenvalue weighted by Gasteiger charge is -2.32. The topological polar surface area (TPSA) is 66.2 Å². The van der Waals surface area contributed by atoms with Gasteiger partial charge >= 0.3 is 5.97 Å². The molecule has 1 fully saturated rings. The van der Waals surface area contributed by atoms with Crippen molar-refractivity contribution >= 4 is 32.7 Å². The Kier molecular flexibility index (Phi) is 6.36. The summed E-state index contributed by atoms with van der Waals surface area (Å²) in [6, 6.07) is 6.39. The molecule has 0 N–H and O–H groups in total. The number of halogens is 1. The highest BCUT2D eigenvalue weighted by molar-refractivity contribution is 9.10. The van der Waals surface area contributed by atoms with Crippen LogP contribution in [0.3, 0.4) is 0 Å². The lowest BCUT2D eigenvalue weighted by Crippen LogP contribution is -2.34. The minimum absolute atomic E-state index is 0.0994. The molecule has 3 rings (SSSR count). The number of piperidine rings is 1. The van der Waals surface area contributed by atoms with Crippen molar-refractivity contribution < 1.29 is 9.53 Å². The molecule has 1 aromatic heterocycles. The van der Waals surface area contributed by atoms with E-state index in [-0.39, 0.29) is 5.97 Å². The van der Waals surface area contributed by atoms with Gasteiger partial charge in [0.05, 0.1) is 11.6 Å². The number of nitrogens with zero attached hydrogens (tertiary/aromatic N) is 3. The molecule has 5 nitrogen and oxygen atoms in total. The minimum atomic E-state index is -0.421. The van der Waals surface area contributed by atoms with Crippen molar-refractivity contribution in [2.24, 2.45) is 5.92 Å². The second kappa shape index (κ2) is 8.59. The summed E-state index contributed by atoms with van der Waals surface area (Å²) in [5.74, 6) is 0.287. The van der Waals surface area contributed by atoms with Crippen molar-refractivity contribution in [2.75, 3.05) is 13.1 Å². The van der Waals surface area contributed by atoms with E-state index >= 15 is 0 Å². The highest BCUT2D eigenvalue weighted by Crippen LogP contribution is 2.28. The molecule has 0 spiro atoms. The fourth-order valence-electron chi connectivity index (χ4n) is 3.71. The molecule has 2 aromatic rings. The van der Waals surface area contributed by atoms with Crippen LogP contribution < -0.4 is 0 Å². The monoisotopic (exact) mass is 443 g/mol. The van der Waals surface area contributed by atoms with Gasteiger partial charge in [-0.1, -0.05) is 0 Å². The summed E-state index contributed by atoms with van der Waals surface area (Å²) in [5.41, 5.74) is 1.36. The molecule has 1 saturated heterocycles. The molecular weight excluding hydrogens is 418 g/mol. The maximum Gasteiger partial charge on any atom is 0.306 e. The second-order valence-corrected chi connectivity index (χ2v) is 9.34. The van der Waals surface area contributed by atoms with Crippen LogP contribution >= 0.6 is 15.9 Å². The fraction of sp³-hybridized carbons (Fsp3) is 0.500. The zero-order chi connectivity index (χ0) is 20.3. The maximum atomic E-state index is 12.1. The van der Waals surface area contributed by atoms with Gasteiger partial charge < -0.3 is 4.74 Å². The number of esters is 1. The van der Waals surface area contributed by atoms with Gasteiger partial charge in [0, 0.05) is 40.6 Å². The van der Waals surface area contributed by atoms with Crippen LogP contribution in [0.5, 0.6) is 0 Å². The first kappa shape index (κ1) is 20.8. The van der Waals surface area contributed by atoms with Crippen molar-refractivity contribution in [3.05, 3.63) is 40.1 Å². The smallest absolute Gasteiger partial charge is 0.306 e. The lowest BCUT2D eigenvalue weighted by molar-refractivity contribution is -0.156. The average Bonchev–Trinajstić information content (AvgIpc) is 2.62. The molecule has 1 aliphatic heterocycles. The average molecular weight is 444 g/mol. The maximum absolute atomic E-state index is 12.1. The number of pyridine rings is 1. The van der Waals surface area contributed by atoms with Gasteiger partial charge in [-0.3, -0.25) is 14.7 Å². The number of carbonyl (C=O) groups is 1. The lowest BCUT2D eigenvalue weighted by atomic mass is 9.93. The van der Waals surface area contributed by atoms with E-state index in [4.69, 9.17) is 4.74 Å². The Bertz CT molecular complexity index is 906. The molecule has 1 aromatic carbocycles. The number of benzene rings is 1. The molecule has 0 bridgehead atoms. The summed E-state index contributed by atoms with van der Waals surface area (Å²) < 4.78 is 6.35. The number of carbonyl (C=O) groups excluding carboxylic acids is 1. The van der Waals surface area contributed by atoms with Crippen molar-refractivity contribution in [1.29, 1.82) is 5.26 Å². The van der Waals surface area contributed by atoms with E-state index in [2.05, 4.69) is 37.9 Å². The zero-order valence-corrected chi connectivity index (χ0v) is 18.3. The van der Waals surface area contributed by atoms with Crippen LogP contribution in [-0.2, 0) is 16.1 Å². The Balaban J connectivity index is 1.61. The molecule has 0 atom stereocenters. The van der Waals surface area contributed by atoms with Crippen LogP contribution in [-0.4, -0.2) is 34.5 Å². The van der Waals surface area contributed by atoms with Gasteiger partial charge in [-0.05, 0) is 86.2 Å². The second-order valence-electron chi connectivity index (χ2n) is 8.48. The van der Waals surface area contributed by atoms with E-state index in [0.29, 0.717) is 17.9 Å². The summed E-state index contributed by atoms with van der Waals surface area (Å²) in [4.78, 5) is 18.6. The van der Waals surface area contributed by atoms with E-state index in [9.17, 15) is 10.1 Å². The quantitative estimate of drug-likeness (QED) is 0.633. The molecule has 0 saturated carbocycles. The van der Waals surface area contributed by atoms with Crippen LogP contribution in [0.2, 0.25) is 0 Å². The van der Waals surface area contributed by atoms with E-state index in [1.165, 1.54) is 0 Å². The standard InChI is InChI=1S/C22H26BrN3O2/c1-22(2,3)28-21(27)10-15-4-6-26(7-5-15)14-16-8-17(11-24)19-12-25-13-20(23)18(19)9-16/h8-9,12-13,15H,4-7,10,14H2,1-3H3. The summed E-state index contributed by atoms with van der Waals surface area (Å²) in [5, 5.41) is 11.4. The summed E-state index contributed by atoms with van der Waals surface area (Å²) in [6.07, 6.45) is 5.98. The molecule has 0 radical (unpaired) electrons. The van der Waals surface area contributed by atoms with Crippen molar-refractivity contribution in [3.63, 3.8) is 0 Å². The van der Waals surface area contributed by atoms with Crippen molar-refractivity contribution in [3.8, 4) is 6.07 Å². The largest absolute Gasteiger partial charge is 0.460 e. The number of aromatic nitrogens is 1. The van der Waals surface area contributed by atoms with Crippen LogP contribution in [0.15, 0.2) is 29.0 Å². The third-order valence-electron chi connectivity index (χ3n) is 5.00. The van der Waals surface area contributed by atoms with Crippen LogP contribution in [0.4, 0.5) is 0 Å². The first-order valence-corrected chi connectivity index (χ1v) is 10.4. The first-order valence-electron chi connectivity index (χ1n) is 9.65. The van der Waals surface area contributed by atoms with Crippen LogP contribution in [0.25, 0.3) is 10.8 Å². The van der Waals surface area contributed by atoms with Gasteiger partial charge in [-0.15, -0.1) is 0 Å². The highest BCUT2D eigenvalue weighted by Gasteiger charge is 2.24. The molecule has 28 heavy (non-hydrogen) atoms. The molecule has 6 heteroatoms. The van der Waals surface area contributed by atoms with E-state index in [1.807, 2.05) is 26.8 Å². The number of likely N-dealkylation sites (tertiary alicyclic amines) is 1. The van der Waals surface area contributed by atoms with Gasteiger partial charge in [-0.25, -0.2) is 0 Å². The molecular formula is C22H26BrN3O2. The van der Waals surface area contributed by atoms with Crippen molar-refractivity contribution in [1.82, 2.24) is 9.88 Å². The van der Waals surface area contributed by atoms with E-state index in [1.54, 1.807) is 12.4 Å². The summed E-state index contributed by atoms with van der Waals surface area (Å²) >= 11 is 3.54. The molecule has 0 aliphatic carbocycles. The van der Waals surface area contributed by atoms with E-state index in [0.717, 1.165) is 53.3 Å². The third kappa shape index (κ3) is 5.30. The van der Waals surface area contributed by atoms with Crippen LogP contribution in [0.1, 0.15) is 51.2 Å². The molecule has 2 heterocycles. The Hall–Kier alpha value is -1.97. The Labute approximate surface area is 174 Å². The zero-order valence-electron chi connectivity index (χ0n) is 16.7. The highest BCUT2D eigenvalue weighted by atomic mass is 79.9. The number of ether oxygens (including phenoxy) is 1. The third-order valence-corrected chi connectivity index (χ3v) is 5.63. The number of fused-ring (bicyclic) bond motifs is 1. The predicted octanol–water partition coefficient (Wildman–Crippen LogP) is 4.81. The number of rotatable bonds is 4. The van der Waals surface area contributed by atoms with Gasteiger partial charge in [0.15, 0.2) is 0 Å².